The maximum Gasteiger partial charge on any atom is 0.0951 e. The fraction of sp³-hybridized carbons (Fsp3) is 0.467. The van der Waals surface area contributed by atoms with Crippen molar-refractivity contribution in [3.05, 3.63) is 48.3 Å². The van der Waals surface area contributed by atoms with Crippen molar-refractivity contribution in [3.8, 4) is 0 Å². The lowest BCUT2D eigenvalue weighted by Crippen LogP contribution is -2.24. The first-order valence-electron chi connectivity index (χ1n) is 6.71. The van der Waals surface area contributed by atoms with Crippen LogP contribution in [0.25, 0.3) is 0 Å². The van der Waals surface area contributed by atoms with Gasteiger partial charge in [-0.15, -0.1) is 0 Å². The van der Waals surface area contributed by atoms with E-state index in [1.807, 2.05) is 30.9 Å². The highest BCUT2D eigenvalue weighted by atomic mass is 15.2. The van der Waals surface area contributed by atoms with Gasteiger partial charge in [-0.1, -0.05) is 6.07 Å². The van der Waals surface area contributed by atoms with Gasteiger partial charge in [0.05, 0.1) is 17.7 Å². The van der Waals surface area contributed by atoms with Crippen molar-refractivity contribution in [2.75, 3.05) is 7.05 Å². The zero-order chi connectivity index (χ0) is 13.8. The summed E-state index contributed by atoms with van der Waals surface area (Å²) in [6.07, 6.45) is 5.69. The Morgan fingerprint density at radius 2 is 2.05 bits per heavy atom. The smallest absolute Gasteiger partial charge is 0.0951 e. The molecule has 4 heteroatoms. The van der Waals surface area contributed by atoms with Crippen LogP contribution in [0.5, 0.6) is 0 Å². The highest BCUT2D eigenvalue weighted by Crippen LogP contribution is 2.19. The third-order valence-electron chi connectivity index (χ3n) is 3.49. The Labute approximate surface area is 115 Å². The van der Waals surface area contributed by atoms with Crippen LogP contribution in [-0.4, -0.2) is 26.5 Å². The number of nitrogens with zero attached hydrogens (tertiary/aromatic N) is 4. The molecule has 0 saturated heterocycles. The zero-order valence-electron chi connectivity index (χ0n) is 12.1. The number of rotatable bonds is 5. The monoisotopic (exact) mass is 258 g/mol. The van der Waals surface area contributed by atoms with Gasteiger partial charge in [0, 0.05) is 31.0 Å². The van der Waals surface area contributed by atoms with E-state index in [2.05, 4.69) is 53.3 Å². The van der Waals surface area contributed by atoms with Gasteiger partial charge < -0.3 is 4.57 Å². The third kappa shape index (κ3) is 3.20. The Balaban J connectivity index is 2.08. The van der Waals surface area contributed by atoms with Gasteiger partial charge in [-0.3, -0.25) is 9.88 Å². The number of aromatic nitrogens is 3. The van der Waals surface area contributed by atoms with Gasteiger partial charge in [-0.2, -0.15) is 0 Å². The Morgan fingerprint density at radius 1 is 1.26 bits per heavy atom. The first-order chi connectivity index (χ1) is 9.09. The summed E-state index contributed by atoms with van der Waals surface area (Å²) in [4.78, 5) is 11.0. The molecule has 19 heavy (non-hydrogen) atoms. The second kappa shape index (κ2) is 5.97. The molecule has 2 aromatic heterocycles. The van der Waals surface area contributed by atoms with Gasteiger partial charge in [0.15, 0.2) is 0 Å². The van der Waals surface area contributed by atoms with Crippen molar-refractivity contribution in [1.29, 1.82) is 0 Å². The molecule has 0 aliphatic rings. The largest absolute Gasteiger partial charge is 0.331 e. The van der Waals surface area contributed by atoms with E-state index in [4.69, 9.17) is 0 Å². The van der Waals surface area contributed by atoms with E-state index in [9.17, 15) is 0 Å². The second-order valence-corrected chi connectivity index (χ2v) is 5.23. The molecule has 4 nitrogen and oxygen atoms in total. The quantitative estimate of drug-likeness (QED) is 0.826. The second-order valence-electron chi connectivity index (χ2n) is 5.23. The minimum atomic E-state index is 0.289. The summed E-state index contributed by atoms with van der Waals surface area (Å²) in [5, 5.41) is 0. The topological polar surface area (TPSA) is 34.0 Å². The molecule has 0 aliphatic carbocycles. The lowest BCUT2D eigenvalue weighted by Gasteiger charge is -2.25. The molecular formula is C15H22N4. The minimum absolute atomic E-state index is 0.289. The van der Waals surface area contributed by atoms with Crippen LogP contribution in [-0.2, 0) is 6.54 Å². The molecule has 0 fully saturated rings. The highest BCUT2D eigenvalue weighted by molar-refractivity contribution is 5.09. The summed E-state index contributed by atoms with van der Waals surface area (Å²) in [6.45, 7) is 7.40. The van der Waals surface area contributed by atoms with Crippen LogP contribution in [0.2, 0.25) is 0 Å². The van der Waals surface area contributed by atoms with Crippen LogP contribution in [0.4, 0.5) is 0 Å². The van der Waals surface area contributed by atoms with Crippen molar-refractivity contribution < 1.29 is 0 Å². The summed E-state index contributed by atoms with van der Waals surface area (Å²) in [6, 6.07) is 6.78. The molecule has 2 rings (SSSR count). The molecule has 1 atom stereocenters. The maximum absolute atomic E-state index is 4.42. The maximum atomic E-state index is 4.42. The van der Waals surface area contributed by atoms with Crippen molar-refractivity contribution in [2.24, 2.45) is 0 Å². The van der Waals surface area contributed by atoms with E-state index >= 15 is 0 Å². The fourth-order valence-corrected chi connectivity index (χ4v) is 2.16. The van der Waals surface area contributed by atoms with Crippen LogP contribution in [0.1, 0.15) is 44.2 Å². The van der Waals surface area contributed by atoms with Crippen LogP contribution >= 0.6 is 0 Å². The normalized spacial score (nSPS) is 13.2. The Hall–Kier alpha value is -1.68. The average Bonchev–Trinajstić information content (AvgIpc) is 2.87. The molecule has 2 aromatic rings. The Morgan fingerprint density at radius 3 is 2.68 bits per heavy atom. The number of hydrogen-bond donors (Lipinski definition) is 0. The van der Waals surface area contributed by atoms with Crippen LogP contribution < -0.4 is 0 Å². The molecule has 0 radical (unpaired) electrons. The standard InChI is InChI=1S/C15H22N4/c1-12(2)19-11-16-9-14(19)10-18(4)13(3)15-7-5-6-8-17-15/h5-9,11-13H,10H2,1-4H3. The van der Waals surface area contributed by atoms with Crippen molar-refractivity contribution in [2.45, 2.75) is 39.4 Å². The zero-order valence-corrected chi connectivity index (χ0v) is 12.1. The average molecular weight is 258 g/mol. The molecule has 0 aliphatic heterocycles. The van der Waals surface area contributed by atoms with Gasteiger partial charge in [0.2, 0.25) is 0 Å². The summed E-state index contributed by atoms with van der Waals surface area (Å²) in [7, 11) is 2.12. The summed E-state index contributed by atoms with van der Waals surface area (Å²) >= 11 is 0. The van der Waals surface area contributed by atoms with Gasteiger partial charge in [0.1, 0.15) is 0 Å². The van der Waals surface area contributed by atoms with Gasteiger partial charge in [-0.25, -0.2) is 4.98 Å². The summed E-state index contributed by atoms with van der Waals surface area (Å²) in [5.74, 6) is 0. The highest BCUT2D eigenvalue weighted by Gasteiger charge is 2.15. The van der Waals surface area contributed by atoms with Crippen molar-refractivity contribution >= 4 is 0 Å². The van der Waals surface area contributed by atoms with E-state index in [1.54, 1.807) is 0 Å². The van der Waals surface area contributed by atoms with Crippen LogP contribution in [0, 0.1) is 0 Å². The SMILES string of the molecule is CC(c1ccccn1)N(C)Cc1cncn1C(C)C. The Bertz CT molecular complexity index is 504. The van der Waals surface area contributed by atoms with E-state index < -0.39 is 0 Å². The van der Waals surface area contributed by atoms with E-state index in [1.165, 1.54) is 5.69 Å². The Kier molecular flexibility index (Phi) is 4.32. The lowest BCUT2D eigenvalue weighted by atomic mass is 10.2. The summed E-state index contributed by atoms with van der Waals surface area (Å²) < 4.78 is 2.21. The molecule has 0 aromatic carbocycles. The molecular weight excluding hydrogens is 236 g/mol. The number of hydrogen-bond acceptors (Lipinski definition) is 3. The van der Waals surface area contributed by atoms with Gasteiger partial charge in [-0.05, 0) is 40.0 Å². The van der Waals surface area contributed by atoms with Crippen molar-refractivity contribution in [3.63, 3.8) is 0 Å². The number of imidazole rings is 1. The summed E-state index contributed by atoms with van der Waals surface area (Å²) in [5.41, 5.74) is 2.33. The molecule has 1 unspecified atom stereocenters. The van der Waals surface area contributed by atoms with E-state index in [0.29, 0.717) is 6.04 Å². The van der Waals surface area contributed by atoms with Crippen molar-refractivity contribution in [1.82, 2.24) is 19.4 Å². The predicted molar refractivity (Wildman–Crippen MR) is 76.7 cm³/mol. The molecule has 0 saturated carbocycles. The third-order valence-corrected chi connectivity index (χ3v) is 3.49. The molecule has 2 heterocycles. The fourth-order valence-electron chi connectivity index (χ4n) is 2.16. The molecule has 0 amide bonds. The van der Waals surface area contributed by atoms with Crippen LogP contribution in [0.15, 0.2) is 36.9 Å². The number of pyridine rings is 1. The first kappa shape index (κ1) is 13.7. The van der Waals surface area contributed by atoms with Gasteiger partial charge >= 0.3 is 0 Å². The minimum Gasteiger partial charge on any atom is -0.331 e. The molecule has 0 N–H and O–H groups in total. The molecule has 102 valence electrons. The molecule has 0 spiro atoms. The van der Waals surface area contributed by atoms with E-state index in [0.717, 1.165) is 12.2 Å². The van der Waals surface area contributed by atoms with Gasteiger partial charge in [0.25, 0.3) is 0 Å². The van der Waals surface area contributed by atoms with E-state index in [-0.39, 0.29) is 6.04 Å². The lowest BCUT2D eigenvalue weighted by molar-refractivity contribution is 0.241. The first-order valence-corrected chi connectivity index (χ1v) is 6.71. The van der Waals surface area contributed by atoms with Crippen LogP contribution in [0.3, 0.4) is 0 Å². The predicted octanol–water partition coefficient (Wildman–Crippen LogP) is 3.05. The molecule has 0 bridgehead atoms.